The Balaban J connectivity index is 1.88. The normalized spacial score (nSPS) is 50.2. The molecule has 7 atom stereocenters. The van der Waals surface area contributed by atoms with Crippen LogP contribution in [0.15, 0.2) is 12.7 Å². The van der Waals surface area contributed by atoms with Gasteiger partial charge in [-0.05, 0) is 55.3 Å². The van der Waals surface area contributed by atoms with Crippen LogP contribution in [0.1, 0.15) is 66.7 Å². The highest BCUT2D eigenvalue weighted by Crippen LogP contribution is 2.60. The largest absolute Gasteiger partial charge is 0.346 e. The lowest BCUT2D eigenvalue weighted by atomic mass is 9.63. The van der Waals surface area contributed by atoms with Crippen LogP contribution in [0.2, 0.25) is 0 Å². The summed E-state index contributed by atoms with van der Waals surface area (Å²) in [6, 6.07) is 0. The zero-order valence-electron chi connectivity index (χ0n) is 15.1. The SMILES string of the molecule is C=CCC[C@@H]1O[C@H]2CC3[C@H](C)CC[C@H]3C(C)(C)[C@@H](C)[C@@]2(C)O1. The van der Waals surface area contributed by atoms with Gasteiger partial charge in [0.05, 0.1) is 11.7 Å². The third-order valence-corrected chi connectivity index (χ3v) is 7.55. The summed E-state index contributed by atoms with van der Waals surface area (Å²) in [5, 5.41) is 0. The van der Waals surface area contributed by atoms with Gasteiger partial charge in [0.1, 0.15) is 0 Å². The van der Waals surface area contributed by atoms with Crippen LogP contribution in [0.3, 0.4) is 0 Å². The molecule has 1 heterocycles. The van der Waals surface area contributed by atoms with E-state index >= 15 is 0 Å². The van der Waals surface area contributed by atoms with Gasteiger partial charge in [-0.3, -0.25) is 0 Å². The maximum atomic E-state index is 6.51. The van der Waals surface area contributed by atoms with Gasteiger partial charge < -0.3 is 9.47 Å². The van der Waals surface area contributed by atoms with Crippen LogP contribution in [0, 0.1) is 29.1 Å². The summed E-state index contributed by atoms with van der Waals surface area (Å²) < 4.78 is 12.9. The molecule has 22 heavy (non-hydrogen) atoms. The van der Waals surface area contributed by atoms with Crippen LogP contribution < -0.4 is 0 Å². The van der Waals surface area contributed by atoms with E-state index in [9.17, 15) is 0 Å². The monoisotopic (exact) mass is 306 g/mol. The Morgan fingerprint density at radius 2 is 1.91 bits per heavy atom. The molecule has 3 aliphatic rings. The van der Waals surface area contributed by atoms with Crippen molar-refractivity contribution < 1.29 is 9.47 Å². The number of ether oxygens (including phenoxy) is 2. The fourth-order valence-corrected chi connectivity index (χ4v) is 5.65. The van der Waals surface area contributed by atoms with Crippen LogP contribution in [-0.2, 0) is 9.47 Å². The van der Waals surface area contributed by atoms with Gasteiger partial charge in [0, 0.05) is 6.42 Å². The fraction of sp³-hybridized carbons (Fsp3) is 0.900. The second kappa shape index (κ2) is 5.63. The maximum Gasteiger partial charge on any atom is 0.159 e. The Hall–Kier alpha value is -0.340. The minimum atomic E-state index is -0.139. The van der Waals surface area contributed by atoms with Crippen molar-refractivity contribution in [1.82, 2.24) is 0 Å². The highest BCUT2D eigenvalue weighted by atomic mass is 16.7. The molecule has 1 unspecified atom stereocenters. The molecule has 2 saturated carbocycles. The molecule has 2 aliphatic carbocycles. The summed E-state index contributed by atoms with van der Waals surface area (Å²) in [5.74, 6) is 2.96. The third kappa shape index (κ3) is 2.38. The molecular formula is C20H34O2. The summed E-state index contributed by atoms with van der Waals surface area (Å²) in [6.45, 7) is 15.9. The molecule has 2 heteroatoms. The zero-order chi connectivity index (χ0) is 16.1. The predicted octanol–water partition coefficient (Wildman–Crippen LogP) is 5.18. The number of hydrogen-bond acceptors (Lipinski definition) is 2. The molecule has 0 spiro atoms. The van der Waals surface area contributed by atoms with E-state index < -0.39 is 0 Å². The Morgan fingerprint density at radius 3 is 2.59 bits per heavy atom. The Bertz CT molecular complexity index is 429. The molecule has 0 aromatic rings. The van der Waals surface area contributed by atoms with Gasteiger partial charge in [-0.15, -0.1) is 6.58 Å². The van der Waals surface area contributed by atoms with Crippen molar-refractivity contribution in [2.75, 3.05) is 0 Å². The minimum absolute atomic E-state index is 0.0421. The molecule has 0 amide bonds. The summed E-state index contributed by atoms with van der Waals surface area (Å²) in [6.07, 6.45) is 8.03. The molecule has 3 rings (SSSR count). The molecular weight excluding hydrogens is 272 g/mol. The summed E-state index contributed by atoms with van der Waals surface area (Å²) in [7, 11) is 0. The average molecular weight is 306 g/mol. The van der Waals surface area contributed by atoms with E-state index in [0.717, 1.165) is 30.6 Å². The van der Waals surface area contributed by atoms with E-state index in [1.807, 2.05) is 6.08 Å². The first-order valence-corrected chi connectivity index (χ1v) is 9.25. The first-order chi connectivity index (χ1) is 10.3. The summed E-state index contributed by atoms with van der Waals surface area (Å²) in [4.78, 5) is 0. The van der Waals surface area contributed by atoms with Crippen LogP contribution in [0.25, 0.3) is 0 Å². The molecule has 126 valence electrons. The van der Waals surface area contributed by atoms with Crippen LogP contribution in [0.4, 0.5) is 0 Å². The summed E-state index contributed by atoms with van der Waals surface area (Å²) >= 11 is 0. The molecule has 0 aromatic heterocycles. The lowest BCUT2D eigenvalue weighted by Gasteiger charge is -2.44. The molecule has 1 aliphatic heterocycles. The van der Waals surface area contributed by atoms with Crippen molar-refractivity contribution in [3.63, 3.8) is 0 Å². The third-order valence-electron chi connectivity index (χ3n) is 7.55. The number of allylic oxidation sites excluding steroid dienone is 1. The predicted molar refractivity (Wildman–Crippen MR) is 90.5 cm³/mol. The zero-order valence-corrected chi connectivity index (χ0v) is 15.1. The van der Waals surface area contributed by atoms with Crippen molar-refractivity contribution in [1.29, 1.82) is 0 Å². The Labute approximate surface area is 136 Å². The van der Waals surface area contributed by atoms with Crippen molar-refractivity contribution in [2.45, 2.75) is 84.7 Å². The first kappa shape index (κ1) is 16.5. The smallest absolute Gasteiger partial charge is 0.159 e. The van der Waals surface area contributed by atoms with Crippen LogP contribution in [-0.4, -0.2) is 18.0 Å². The van der Waals surface area contributed by atoms with E-state index in [1.54, 1.807) is 0 Å². The molecule has 1 saturated heterocycles. The molecule has 0 aromatic carbocycles. The van der Waals surface area contributed by atoms with Crippen molar-refractivity contribution in [3.8, 4) is 0 Å². The molecule has 0 radical (unpaired) electrons. The van der Waals surface area contributed by atoms with Gasteiger partial charge in [0.2, 0.25) is 0 Å². The van der Waals surface area contributed by atoms with Gasteiger partial charge in [-0.1, -0.05) is 40.2 Å². The van der Waals surface area contributed by atoms with Gasteiger partial charge in [-0.2, -0.15) is 0 Å². The quantitative estimate of drug-likeness (QED) is 0.669. The van der Waals surface area contributed by atoms with E-state index in [0.29, 0.717) is 11.3 Å². The standard InChI is InChI=1S/C20H34O2/c1-7-8-9-18-21-17-12-15-13(2)10-11-16(15)19(4,5)14(3)20(17,6)22-18/h7,13-18H,1,8-12H2,2-6H3/t13-,14-,15?,16-,17+,18-,20-/m1/s1. The number of rotatable bonds is 3. The highest BCUT2D eigenvalue weighted by Gasteiger charge is 2.60. The minimum Gasteiger partial charge on any atom is -0.346 e. The fourth-order valence-electron chi connectivity index (χ4n) is 5.65. The Morgan fingerprint density at radius 1 is 1.18 bits per heavy atom. The summed E-state index contributed by atoms with van der Waals surface area (Å²) in [5.41, 5.74) is 0.176. The van der Waals surface area contributed by atoms with Gasteiger partial charge in [0.15, 0.2) is 6.29 Å². The maximum absolute atomic E-state index is 6.51. The van der Waals surface area contributed by atoms with Gasteiger partial charge in [-0.25, -0.2) is 0 Å². The lowest BCUT2D eigenvalue weighted by molar-refractivity contribution is -0.126. The molecule has 0 N–H and O–H groups in total. The average Bonchev–Trinajstić information content (AvgIpc) is 2.97. The Kier molecular flexibility index (Phi) is 4.23. The van der Waals surface area contributed by atoms with Crippen LogP contribution >= 0.6 is 0 Å². The topological polar surface area (TPSA) is 18.5 Å². The first-order valence-electron chi connectivity index (χ1n) is 9.25. The van der Waals surface area contributed by atoms with E-state index in [4.69, 9.17) is 9.47 Å². The van der Waals surface area contributed by atoms with Gasteiger partial charge in [0.25, 0.3) is 0 Å². The van der Waals surface area contributed by atoms with Crippen LogP contribution in [0.5, 0.6) is 0 Å². The van der Waals surface area contributed by atoms with Gasteiger partial charge >= 0.3 is 0 Å². The lowest BCUT2D eigenvalue weighted by Crippen LogP contribution is -2.48. The highest BCUT2D eigenvalue weighted by molar-refractivity contribution is 5.08. The van der Waals surface area contributed by atoms with E-state index in [2.05, 4.69) is 41.2 Å². The van der Waals surface area contributed by atoms with Crippen molar-refractivity contribution in [3.05, 3.63) is 12.7 Å². The second-order valence-electron chi connectivity index (χ2n) is 8.83. The second-order valence-corrected chi connectivity index (χ2v) is 8.83. The molecule has 3 fully saturated rings. The number of fused-ring (bicyclic) bond motifs is 2. The van der Waals surface area contributed by atoms with E-state index in [1.165, 1.54) is 19.3 Å². The van der Waals surface area contributed by atoms with Crippen molar-refractivity contribution in [2.24, 2.45) is 29.1 Å². The van der Waals surface area contributed by atoms with E-state index in [-0.39, 0.29) is 18.0 Å². The molecule has 0 bridgehead atoms. The molecule has 2 nitrogen and oxygen atoms in total. The van der Waals surface area contributed by atoms with Crippen molar-refractivity contribution >= 4 is 0 Å². The number of hydrogen-bond donors (Lipinski definition) is 0.